The van der Waals surface area contributed by atoms with Crippen LogP contribution in [0.2, 0.25) is 0 Å². The van der Waals surface area contributed by atoms with Crippen LogP contribution in [0, 0.1) is 0 Å². The molecule has 0 aliphatic carbocycles. The van der Waals surface area contributed by atoms with Gasteiger partial charge in [-0.1, -0.05) is 0 Å². The third kappa shape index (κ3) is 15.1. The van der Waals surface area contributed by atoms with Crippen molar-refractivity contribution in [2.75, 3.05) is 25.9 Å². The van der Waals surface area contributed by atoms with Crippen molar-refractivity contribution in [2.24, 2.45) is 17.2 Å². The van der Waals surface area contributed by atoms with Crippen LogP contribution in [0.3, 0.4) is 0 Å². The van der Waals surface area contributed by atoms with Crippen molar-refractivity contribution in [3.05, 3.63) is 0 Å². The topological polar surface area (TPSA) is 178 Å². The van der Waals surface area contributed by atoms with Gasteiger partial charge in [-0.05, 0) is 0 Å². The zero-order chi connectivity index (χ0) is 13.4. The minimum absolute atomic E-state index is 0.0285. The van der Waals surface area contributed by atoms with Crippen molar-refractivity contribution in [3.8, 4) is 0 Å². The Kier molecular flexibility index (Phi) is 8.34. The Morgan fingerprint density at radius 1 is 1.38 bits per heavy atom. The molecule has 0 radical (unpaired) electrons. The summed E-state index contributed by atoms with van der Waals surface area (Å²) in [6.45, 7) is -0.367. The molecular weight excluding hydrogens is 240 g/mol. The Morgan fingerprint density at radius 3 is 1.88 bits per heavy atom. The normalized spacial score (nSPS) is 9.94. The summed E-state index contributed by atoms with van der Waals surface area (Å²) in [6.07, 6.45) is 0. The average Bonchev–Trinajstić information content (AvgIpc) is 2.01. The van der Waals surface area contributed by atoms with Crippen molar-refractivity contribution in [3.63, 3.8) is 0 Å². The summed E-state index contributed by atoms with van der Waals surface area (Å²) >= 11 is 0. The largest absolute Gasteiger partial charge is 0.748 e. The lowest BCUT2D eigenvalue weighted by Gasteiger charge is -2.01. The highest BCUT2D eigenvalue weighted by atomic mass is 32.2. The molecule has 16 heavy (non-hydrogen) atoms. The third-order valence-corrected chi connectivity index (χ3v) is 1.91. The summed E-state index contributed by atoms with van der Waals surface area (Å²) in [5, 5.41) is 9.84. The molecule has 0 fully saturated rings. The van der Waals surface area contributed by atoms with Gasteiger partial charge in [0, 0.05) is 6.54 Å². The van der Waals surface area contributed by atoms with E-state index in [1.54, 1.807) is 0 Å². The monoisotopic (exact) mass is 255 g/mol. The van der Waals surface area contributed by atoms with Gasteiger partial charge in [0.25, 0.3) is 0 Å². The molecule has 9 nitrogen and oxygen atoms in total. The lowest BCUT2D eigenvalue weighted by molar-refractivity contribution is -0.501. The van der Waals surface area contributed by atoms with E-state index < -0.39 is 21.8 Å². The molecule has 10 heteroatoms. The van der Waals surface area contributed by atoms with Crippen LogP contribution < -0.4 is 22.3 Å². The van der Waals surface area contributed by atoms with E-state index in [1.807, 2.05) is 0 Å². The Bertz CT molecular complexity index is 346. The molecule has 96 valence electrons. The zero-order valence-electron chi connectivity index (χ0n) is 8.75. The van der Waals surface area contributed by atoms with E-state index in [0.29, 0.717) is 0 Å². The predicted molar refractivity (Wildman–Crippen MR) is 53.1 cm³/mol. The molecule has 0 unspecified atom stereocenters. The minimum atomic E-state index is -4.05. The van der Waals surface area contributed by atoms with Crippen LogP contribution in [0.5, 0.6) is 0 Å². The number of nitrogens with two attached hydrogens (primary N) is 3. The smallest absolute Gasteiger partial charge is 0.341 e. The van der Waals surface area contributed by atoms with Gasteiger partial charge in [0.05, 0.1) is 28.9 Å². The van der Waals surface area contributed by atoms with Crippen molar-refractivity contribution in [2.45, 2.75) is 0 Å². The molecule has 0 heterocycles. The van der Waals surface area contributed by atoms with Gasteiger partial charge >= 0.3 is 5.96 Å². The predicted octanol–water partition coefficient (Wildman–Crippen LogP) is -4.86. The molecule has 0 saturated carbocycles. The van der Waals surface area contributed by atoms with E-state index in [9.17, 15) is 22.9 Å². The van der Waals surface area contributed by atoms with E-state index in [1.165, 1.54) is 11.6 Å². The second-order valence-electron chi connectivity index (χ2n) is 2.70. The number of hydrogen-bond acceptors (Lipinski definition) is 6. The van der Waals surface area contributed by atoms with Crippen LogP contribution in [0.4, 0.5) is 0 Å². The van der Waals surface area contributed by atoms with Crippen LogP contribution in [0.15, 0.2) is 0 Å². The van der Waals surface area contributed by atoms with Crippen molar-refractivity contribution in [1.82, 2.24) is 0 Å². The van der Waals surface area contributed by atoms with Gasteiger partial charge in [-0.2, -0.15) is 0 Å². The Morgan fingerprint density at radius 2 is 1.81 bits per heavy atom. The standard InChI is InChI=1S/C4H9N3O2.C2H7NO3S/c1-7(4(5)6)2-3(8)9;3-1-2-7(4,5)6/h2H2,1H3,(H4,5,6,8,9);1-3H2,(H,4,5,6)/p-1. The molecule has 0 bridgehead atoms. The van der Waals surface area contributed by atoms with E-state index in [-0.39, 0.29) is 19.0 Å². The van der Waals surface area contributed by atoms with Gasteiger partial charge < -0.3 is 20.2 Å². The summed E-state index contributed by atoms with van der Waals surface area (Å²) < 4.78 is 30.0. The third-order valence-electron chi connectivity index (χ3n) is 1.17. The van der Waals surface area contributed by atoms with Gasteiger partial charge in [0.1, 0.15) is 6.54 Å². The number of guanidine groups is 1. The first-order chi connectivity index (χ1) is 7.10. The molecule has 0 spiro atoms. The number of carbonyl (C=O) groups excluding carboxylic acids is 1. The fourth-order valence-corrected chi connectivity index (χ4v) is 0.718. The molecule has 0 aliphatic heterocycles. The molecule has 6 N–H and O–H groups in total. The molecule has 0 rings (SSSR count). The van der Waals surface area contributed by atoms with Crippen LogP contribution in [-0.2, 0) is 14.9 Å². The second-order valence-corrected chi connectivity index (χ2v) is 4.23. The number of carboxylic acids is 1. The molecule has 0 aromatic heterocycles. The van der Waals surface area contributed by atoms with Crippen LogP contribution >= 0.6 is 0 Å². The number of likely N-dealkylation sites (N-methyl/N-ethyl adjacent to an activating group) is 1. The molecular formula is C6H15N4O5S-. The van der Waals surface area contributed by atoms with E-state index >= 15 is 0 Å². The zero-order valence-corrected chi connectivity index (χ0v) is 9.57. The number of carbonyl (C=O) groups is 1. The van der Waals surface area contributed by atoms with Gasteiger partial charge in [0.15, 0.2) is 0 Å². The molecule has 0 aromatic carbocycles. The maximum Gasteiger partial charge on any atom is 0.341 e. The molecule has 0 saturated heterocycles. The SMILES string of the molecule is C[N+](CC(=O)[O-])=C(N)N.NCCS(=O)(=O)[O-]. The quantitative estimate of drug-likeness (QED) is 0.193. The highest BCUT2D eigenvalue weighted by Crippen LogP contribution is 1.74. The average molecular weight is 255 g/mol. The maximum atomic E-state index is 9.84. The maximum absolute atomic E-state index is 9.84. The summed E-state index contributed by atoms with van der Waals surface area (Å²) in [4.78, 5) is 9.84. The van der Waals surface area contributed by atoms with Gasteiger partial charge in [-0.25, -0.2) is 8.42 Å². The summed E-state index contributed by atoms with van der Waals surface area (Å²) in [5.74, 6) is -1.70. The van der Waals surface area contributed by atoms with E-state index in [0.717, 1.165) is 0 Å². The van der Waals surface area contributed by atoms with Crippen LogP contribution in [0.1, 0.15) is 0 Å². The molecule has 0 atom stereocenters. The number of hydrogen-bond donors (Lipinski definition) is 3. The number of rotatable bonds is 4. The number of nitrogens with zero attached hydrogens (tertiary/aromatic N) is 1. The highest BCUT2D eigenvalue weighted by Gasteiger charge is 1.94. The molecule has 0 aliphatic rings. The first kappa shape index (κ1) is 17.0. The summed E-state index contributed by atoms with van der Waals surface area (Å²) in [5.41, 5.74) is 14.8. The fourth-order valence-electron chi connectivity index (χ4n) is 0.429. The molecule has 0 aromatic rings. The minimum Gasteiger partial charge on any atom is -0.748 e. The Balaban J connectivity index is 0. The summed E-state index contributed by atoms with van der Waals surface area (Å²) in [6, 6.07) is 0. The van der Waals surface area contributed by atoms with Gasteiger partial charge in [0.2, 0.25) is 0 Å². The first-order valence-corrected chi connectivity index (χ1v) is 5.60. The Labute approximate surface area is 93.3 Å². The van der Waals surface area contributed by atoms with E-state index in [4.69, 9.17) is 17.2 Å². The first-order valence-electron chi connectivity index (χ1n) is 4.02. The second kappa shape index (κ2) is 7.84. The van der Waals surface area contributed by atoms with E-state index in [2.05, 4.69) is 0 Å². The van der Waals surface area contributed by atoms with Gasteiger partial charge in [-0.15, -0.1) is 0 Å². The highest BCUT2D eigenvalue weighted by molar-refractivity contribution is 7.85. The van der Waals surface area contributed by atoms with Crippen molar-refractivity contribution >= 4 is 22.0 Å². The lowest BCUT2D eigenvalue weighted by Crippen LogP contribution is -2.40. The number of carboxylic acid groups (broad SMARTS) is 1. The van der Waals surface area contributed by atoms with Crippen molar-refractivity contribution in [1.29, 1.82) is 0 Å². The fraction of sp³-hybridized carbons (Fsp3) is 0.667. The van der Waals surface area contributed by atoms with Crippen LogP contribution in [-0.4, -0.2) is 55.4 Å². The lowest BCUT2D eigenvalue weighted by atomic mass is 10.6. The van der Waals surface area contributed by atoms with Gasteiger partial charge in [-0.3, -0.25) is 16.0 Å². The van der Waals surface area contributed by atoms with Crippen molar-refractivity contribution < 1.29 is 27.4 Å². The summed E-state index contributed by atoms with van der Waals surface area (Å²) in [7, 11) is -2.59. The molecule has 0 amide bonds. The Hall–Kier alpha value is -1.39. The van der Waals surface area contributed by atoms with Crippen LogP contribution in [0.25, 0.3) is 0 Å². The number of aliphatic carboxylic acids is 1.